The maximum Gasteiger partial charge on any atom is 0.129 e. The van der Waals surface area contributed by atoms with Crippen molar-refractivity contribution in [1.82, 2.24) is 5.32 Å². The van der Waals surface area contributed by atoms with Gasteiger partial charge >= 0.3 is 0 Å². The van der Waals surface area contributed by atoms with E-state index >= 15 is 0 Å². The van der Waals surface area contributed by atoms with Gasteiger partial charge in [-0.25, -0.2) is 4.39 Å². The summed E-state index contributed by atoms with van der Waals surface area (Å²) in [5.41, 5.74) is 1.34. The maximum atomic E-state index is 14.1. The van der Waals surface area contributed by atoms with Gasteiger partial charge in [0.2, 0.25) is 0 Å². The van der Waals surface area contributed by atoms with Gasteiger partial charge < -0.3 is 5.32 Å². The first kappa shape index (κ1) is 14.3. The minimum atomic E-state index is -0.321. The minimum absolute atomic E-state index is 0.308. The van der Waals surface area contributed by atoms with Crippen molar-refractivity contribution in [3.8, 4) is 0 Å². The van der Waals surface area contributed by atoms with Gasteiger partial charge in [-0.2, -0.15) is 0 Å². The minimum Gasteiger partial charge on any atom is -0.306 e. The van der Waals surface area contributed by atoms with Crippen LogP contribution in [0.2, 0.25) is 10.0 Å². The Balaban J connectivity index is 2.51. The summed E-state index contributed by atoms with van der Waals surface area (Å²) in [4.78, 5) is 0. The molecule has 0 spiro atoms. The van der Waals surface area contributed by atoms with Gasteiger partial charge in [0, 0.05) is 15.6 Å². The molecule has 100 valence electrons. The Kier molecular flexibility index (Phi) is 4.81. The van der Waals surface area contributed by atoms with Crippen molar-refractivity contribution >= 4 is 23.2 Å². The zero-order chi connectivity index (χ0) is 13.8. The lowest BCUT2D eigenvalue weighted by molar-refractivity contribution is 0.559. The van der Waals surface area contributed by atoms with Crippen molar-refractivity contribution in [3.63, 3.8) is 0 Å². The lowest BCUT2D eigenvalue weighted by atomic mass is 9.98. The van der Waals surface area contributed by atoms with Crippen molar-refractivity contribution in [2.24, 2.45) is 0 Å². The molecule has 0 saturated heterocycles. The van der Waals surface area contributed by atoms with Crippen LogP contribution in [-0.2, 0) is 0 Å². The molecule has 0 aliphatic heterocycles. The van der Waals surface area contributed by atoms with Crippen LogP contribution in [0.5, 0.6) is 0 Å². The fourth-order valence-corrected chi connectivity index (χ4v) is 2.53. The van der Waals surface area contributed by atoms with Crippen LogP contribution in [0.1, 0.15) is 24.1 Å². The third kappa shape index (κ3) is 3.27. The Labute approximate surface area is 122 Å². The molecule has 1 nitrogen and oxygen atoms in total. The van der Waals surface area contributed by atoms with Gasteiger partial charge in [0.25, 0.3) is 0 Å². The first-order chi connectivity index (χ1) is 9.13. The molecule has 1 atom stereocenters. The molecule has 0 radical (unpaired) electrons. The summed E-state index contributed by atoms with van der Waals surface area (Å²) < 4.78 is 14.1. The number of nitrogens with one attached hydrogen (secondary N) is 1. The van der Waals surface area contributed by atoms with E-state index in [1.54, 1.807) is 18.2 Å². The molecule has 0 fully saturated rings. The molecule has 1 unspecified atom stereocenters. The topological polar surface area (TPSA) is 12.0 Å². The normalized spacial score (nSPS) is 12.4. The van der Waals surface area contributed by atoms with Crippen LogP contribution in [0, 0.1) is 5.82 Å². The zero-order valence-electron chi connectivity index (χ0n) is 10.5. The maximum absolute atomic E-state index is 14.1. The van der Waals surface area contributed by atoms with Gasteiger partial charge in [-0.15, -0.1) is 0 Å². The predicted molar refractivity (Wildman–Crippen MR) is 78.4 cm³/mol. The van der Waals surface area contributed by atoms with Crippen LogP contribution < -0.4 is 5.32 Å². The van der Waals surface area contributed by atoms with Gasteiger partial charge in [0.05, 0.1) is 6.04 Å². The van der Waals surface area contributed by atoms with Gasteiger partial charge in [-0.1, -0.05) is 48.3 Å². The molecule has 0 bridgehead atoms. The van der Waals surface area contributed by atoms with Crippen LogP contribution in [0.3, 0.4) is 0 Å². The fraction of sp³-hybridized carbons (Fsp3) is 0.200. The SMILES string of the molecule is CCNC(c1cccc(Cl)c1)c1c(F)cccc1Cl. The lowest BCUT2D eigenvalue weighted by Gasteiger charge is -2.21. The molecule has 0 aliphatic carbocycles. The van der Waals surface area contributed by atoms with Crippen molar-refractivity contribution in [2.45, 2.75) is 13.0 Å². The second kappa shape index (κ2) is 6.38. The molecule has 19 heavy (non-hydrogen) atoms. The predicted octanol–water partition coefficient (Wildman–Crippen LogP) is 4.83. The monoisotopic (exact) mass is 297 g/mol. The molecular formula is C15H14Cl2FN. The summed E-state index contributed by atoms with van der Waals surface area (Å²) in [6, 6.07) is 11.7. The largest absolute Gasteiger partial charge is 0.306 e. The summed E-state index contributed by atoms with van der Waals surface area (Å²) in [5.74, 6) is -0.321. The second-order valence-corrected chi connectivity index (χ2v) is 5.02. The van der Waals surface area contributed by atoms with E-state index in [1.165, 1.54) is 6.07 Å². The van der Waals surface area contributed by atoms with Gasteiger partial charge in [-0.3, -0.25) is 0 Å². The lowest BCUT2D eigenvalue weighted by Crippen LogP contribution is -2.23. The van der Waals surface area contributed by atoms with Crippen LogP contribution in [-0.4, -0.2) is 6.54 Å². The van der Waals surface area contributed by atoms with E-state index in [0.717, 1.165) is 5.56 Å². The van der Waals surface area contributed by atoms with E-state index in [1.807, 2.05) is 25.1 Å². The third-order valence-corrected chi connectivity index (χ3v) is 3.44. The molecule has 2 rings (SSSR count). The van der Waals surface area contributed by atoms with E-state index in [4.69, 9.17) is 23.2 Å². The Morgan fingerprint density at radius 2 is 1.89 bits per heavy atom. The van der Waals surface area contributed by atoms with Crippen LogP contribution in [0.15, 0.2) is 42.5 Å². The van der Waals surface area contributed by atoms with Gasteiger partial charge in [0.15, 0.2) is 0 Å². The van der Waals surface area contributed by atoms with Crippen molar-refractivity contribution in [2.75, 3.05) is 6.54 Å². The van der Waals surface area contributed by atoms with E-state index in [-0.39, 0.29) is 11.9 Å². The molecule has 1 N–H and O–H groups in total. The Morgan fingerprint density at radius 3 is 2.53 bits per heavy atom. The van der Waals surface area contributed by atoms with Gasteiger partial charge in [0.1, 0.15) is 5.82 Å². The van der Waals surface area contributed by atoms with Gasteiger partial charge in [-0.05, 0) is 36.4 Å². The standard InChI is InChI=1S/C15H14Cl2FN/c1-2-19-15(10-5-3-6-11(16)9-10)14-12(17)7-4-8-13(14)18/h3-9,15,19H,2H2,1H3. The smallest absolute Gasteiger partial charge is 0.129 e. The fourth-order valence-electron chi connectivity index (χ4n) is 2.06. The molecule has 0 amide bonds. The number of benzene rings is 2. The van der Waals surface area contributed by atoms with Crippen LogP contribution in [0.25, 0.3) is 0 Å². The summed E-state index contributed by atoms with van der Waals surface area (Å²) >= 11 is 12.1. The average Bonchev–Trinajstić information content (AvgIpc) is 2.37. The highest BCUT2D eigenvalue weighted by molar-refractivity contribution is 6.31. The first-order valence-corrected chi connectivity index (χ1v) is 6.81. The highest BCUT2D eigenvalue weighted by Gasteiger charge is 2.20. The third-order valence-electron chi connectivity index (χ3n) is 2.88. The summed E-state index contributed by atoms with van der Waals surface area (Å²) in [7, 11) is 0. The Hall–Kier alpha value is -1.09. The molecule has 0 aliphatic rings. The Morgan fingerprint density at radius 1 is 1.16 bits per heavy atom. The molecule has 2 aromatic carbocycles. The quantitative estimate of drug-likeness (QED) is 0.852. The molecular weight excluding hydrogens is 284 g/mol. The highest BCUT2D eigenvalue weighted by Crippen LogP contribution is 2.31. The number of halogens is 3. The second-order valence-electron chi connectivity index (χ2n) is 4.18. The van der Waals surface area contributed by atoms with Crippen LogP contribution >= 0.6 is 23.2 Å². The molecule has 0 heterocycles. The Bertz CT molecular complexity index is 552. The van der Waals surface area contributed by atoms with E-state index in [0.29, 0.717) is 22.2 Å². The number of hydrogen-bond acceptors (Lipinski definition) is 1. The molecule has 0 aromatic heterocycles. The van der Waals surface area contributed by atoms with E-state index < -0.39 is 0 Å². The summed E-state index contributed by atoms with van der Waals surface area (Å²) in [6.45, 7) is 2.66. The molecule has 0 saturated carbocycles. The van der Waals surface area contributed by atoms with Crippen molar-refractivity contribution < 1.29 is 4.39 Å². The first-order valence-electron chi connectivity index (χ1n) is 6.06. The highest BCUT2D eigenvalue weighted by atomic mass is 35.5. The van der Waals surface area contributed by atoms with E-state index in [9.17, 15) is 4.39 Å². The average molecular weight is 298 g/mol. The molecule has 2 aromatic rings. The van der Waals surface area contributed by atoms with Crippen molar-refractivity contribution in [1.29, 1.82) is 0 Å². The number of rotatable bonds is 4. The van der Waals surface area contributed by atoms with Crippen molar-refractivity contribution in [3.05, 3.63) is 69.5 Å². The summed E-state index contributed by atoms with van der Waals surface area (Å²) in [6.07, 6.45) is 0. The zero-order valence-corrected chi connectivity index (χ0v) is 12.0. The van der Waals surface area contributed by atoms with Crippen LogP contribution in [0.4, 0.5) is 4.39 Å². The molecule has 4 heteroatoms. The number of hydrogen-bond donors (Lipinski definition) is 1. The summed E-state index contributed by atoms with van der Waals surface area (Å²) in [5, 5.41) is 4.27. The van der Waals surface area contributed by atoms with E-state index in [2.05, 4.69) is 5.32 Å².